The third kappa shape index (κ3) is 2.49. The predicted molar refractivity (Wildman–Crippen MR) is 91.3 cm³/mol. The Morgan fingerprint density at radius 3 is 2.48 bits per heavy atom. The van der Waals surface area contributed by atoms with Gasteiger partial charge in [0.2, 0.25) is 0 Å². The molecule has 0 atom stereocenters. The molecule has 0 unspecified atom stereocenters. The van der Waals surface area contributed by atoms with Crippen LogP contribution in [-0.2, 0) is 10.0 Å². The summed E-state index contributed by atoms with van der Waals surface area (Å²) in [6, 6.07) is 15.0. The van der Waals surface area contributed by atoms with Gasteiger partial charge in [-0.1, -0.05) is 30.3 Å². The van der Waals surface area contributed by atoms with Crippen LogP contribution in [0, 0.1) is 11.3 Å². The fourth-order valence-corrected chi connectivity index (χ4v) is 4.03. The van der Waals surface area contributed by atoms with E-state index in [2.05, 4.69) is 22.2 Å². The minimum Gasteiger partial charge on any atom is -0.280 e. The summed E-state index contributed by atoms with van der Waals surface area (Å²) in [5.41, 5.74) is 1.19. The Hall–Kier alpha value is -2.34. The van der Waals surface area contributed by atoms with Crippen molar-refractivity contribution in [2.75, 3.05) is 4.41 Å². The molecule has 0 spiro atoms. The number of aromatic nitrogens is 1. The molecule has 116 valence electrons. The maximum Gasteiger partial charge on any atom is 0.277 e. The van der Waals surface area contributed by atoms with Gasteiger partial charge >= 0.3 is 0 Å². The van der Waals surface area contributed by atoms with E-state index < -0.39 is 10.0 Å². The summed E-state index contributed by atoms with van der Waals surface area (Å²) < 4.78 is 27.6. The maximum atomic E-state index is 12.7. The van der Waals surface area contributed by atoms with Crippen LogP contribution >= 0.6 is 16.1 Å². The van der Waals surface area contributed by atoms with Crippen LogP contribution < -0.4 is 10.3 Å². The number of hydrogen-bond acceptors (Lipinski definition) is 4. The molecule has 0 bridgehead atoms. The van der Waals surface area contributed by atoms with Crippen LogP contribution in [0.15, 0.2) is 59.6 Å². The number of para-hydroxylation sites is 1. The number of sulfonamides is 1. The summed E-state index contributed by atoms with van der Waals surface area (Å²) in [6.45, 7) is 0. The molecule has 8 heteroatoms. The highest BCUT2D eigenvalue weighted by molar-refractivity contribution is 9.08. The number of anilines is 1. The monoisotopic (exact) mass is 390 g/mol. The second kappa shape index (κ2) is 5.70. The number of hydrazine groups is 1. The number of rotatable bonds is 3. The zero-order valence-electron chi connectivity index (χ0n) is 11.7. The molecular weight excluding hydrogens is 380 g/mol. The molecule has 2 aromatic carbocycles. The molecule has 2 N–H and O–H groups in total. The van der Waals surface area contributed by atoms with Crippen LogP contribution in [0.2, 0.25) is 0 Å². The highest BCUT2D eigenvalue weighted by Crippen LogP contribution is 2.32. The Morgan fingerprint density at radius 1 is 1.13 bits per heavy atom. The van der Waals surface area contributed by atoms with Crippen LogP contribution in [0.25, 0.3) is 10.9 Å². The molecule has 0 aliphatic heterocycles. The highest BCUT2D eigenvalue weighted by Gasteiger charge is 2.25. The van der Waals surface area contributed by atoms with Crippen molar-refractivity contribution >= 4 is 42.8 Å². The molecule has 3 rings (SSSR count). The van der Waals surface area contributed by atoms with Gasteiger partial charge in [-0.3, -0.25) is 3.59 Å². The molecule has 3 aromatic rings. The molecule has 6 nitrogen and oxygen atoms in total. The number of hydrogen-bond donors (Lipinski definition) is 1. The second-order valence-electron chi connectivity index (χ2n) is 4.75. The van der Waals surface area contributed by atoms with Crippen LogP contribution in [0.4, 0.5) is 5.69 Å². The van der Waals surface area contributed by atoms with E-state index in [0.717, 1.165) is 4.41 Å². The minimum atomic E-state index is -3.90. The lowest BCUT2D eigenvalue weighted by atomic mass is 10.2. The molecule has 23 heavy (non-hydrogen) atoms. The first-order valence-corrected chi connectivity index (χ1v) is 8.67. The third-order valence-corrected chi connectivity index (χ3v) is 5.56. The largest absolute Gasteiger partial charge is 0.280 e. The van der Waals surface area contributed by atoms with E-state index in [-0.39, 0.29) is 10.6 Å². The highest BCUT2D eigenvalue weighted by atomic mass is 79.9. The quantitative estimate of drug-likeness (QED) is 0.549. The lowest BCUT2D eigenvalue weighted by molar-refractivity contribution is 0.592. The van der Waals surface area contributed by atoms with Crippen molar-refractivity contribution in [3.8, 4) is 6.07 Å². The zero-order chi connectivity index (χ0) is 16.6. The Bertz CT molecular complexity index is 1020. The van der Waals surface area contributed by atoms with Gasteiger partial charge in [-0.25, -0.2) is 5.84 Å². The van der Waals surface area contributed by atoms with Gasteiger partial charge in [0.15, 0.2) is 0 Å². The SMILES string of the molecule is N#Cc1cn(Br)c2c(N(N)S(=O)(=O)c3ccccc3)cccc12. The second-order valence-corrected chi connectivity index (χ2v) is 7.33. The average molecular weight is 391 g/mol. The van der Waals surface area contributed by atoms with Gasteiger partial charge in [-0.2, -0.15) is 18.1 Å². The van der Waals surface area contributed by atoms with Crippen molar-refractivity contribution in [2.45, 2.75) is 4.90 Å². The Morgan fingerprint density at radius 2 is 1.83 bits per heavy atom. The number of nitriles is 1. The van der Waals surface area contributed by atoms with Gasteiger partial charge in [-0.05, 0) is 18.2 Å². The van der Waals surface area contributed by atoms with Crippen molar-refractivity contribution < 1.29 is 8.42 Å². The standard InChI is InChI=1S/C15H11BrN4O2S/c16-19-10-11(9-17)13-7-4-8-14(15(13)19)20(18)23(21,22)12-5-2-1-3-6-12/h1-8,10H,18H2. The van der Waals surface area contributed by atoms with E-state index in [1.807, 2.05) is 0 Å². The fourth-order valence-electron chi connectivity index (χ4n) is 2.32. The summed E-state index contributed by atoms with van der Waals surface area (Å²) >= 11 is 3.29. The minimum absolute atomic E-state index is 0.0905. The smallest absolute Gasteiger partial charge is 0.277 e. The van der Waals surface area contributed by atoms with E-state index >= 15 is 0 Å². The molecule has 0 amide bonds. The molecular formula is C15H11BrN4O2S. The summed E-state index contributed by atoms with van der Waals surface area (Å²) in [5.74, 6) is 5.92. The lowest BCUT2D eigenvalue weighted by Gasteiger charge is -2.20. The summed E-state index contributed by atoms with van der Waals surface area (Å²) in [5, 5.41) is 9.78. The van der Waals surface area contributed by atoms with E-state index in [0.29, 0.717) is 16.5 Å². The van der Waals surface area contributed by atoms with Gasteiger partial charge in [0.25, 0.3) is 10.0 Å². The van der Waals surface area contributed by atoms with E-state index in [4.69, 9.17) is 11.1 Å². The van der Waals surface area contributed by atoms with E-state index in [9.17, 15) is 8.42 Å². The average Bonchev–Trinajstić information content (AvgIpc) is 2.91. The molecule has 0 saturated carbocycles. The first kappa shape index (κ1) is 15.6. The van der Waals surface area contributed by atoms with Gasteiger partial charge < -0.3 is 0 Å². The predicted octanol–water partition coefficient (Wildman–Crippen LogP) is 2.74. The summed E-state index contributed by atoms with van der Waals surface area (Å²) in [4.78, 5) is 0.0905. The normalized spacial score (nSPS) is 11.3. The van der Waals surface area contributed by atoms with E-state index in [1.54, 1.807) is 42.6 Å². The number of fused-ring (bicyclic) bond motifs is 1. The van der Waals surface area contributed by atoms with Crippen LogP contribution in [0.1, 0.15) is 5.56 Å². The number of nitrogens with two attached hydrogens (primary N) is 1. The Kier molecular flexibility index (Phi) is 3.85. The fraction of sp³-hybridized carbons (Fsp3) is 0. The van der Waals surface area contributed by atoms with Crippen LogP contribution in [0.3, 0.4) is 0 Å². The Balaban J connectivity index is 2.22. The molecule has 1 heterocycles. The van der Waals surface area contributed by atoms with Gasteiger partial charge in [0, 0.05) is 11.6 Å². The maximum absolute atomic E-state index is 12.7. The first-order chi connectivity index (χ1) is 11.0. The molecule has 1 aromatic heterocycles. The van der Waals surface area contributed by atoms with Gasteiger partial charge in [0.05, 0.1) is 37.8 Å². The molecule has 0 radical (unpaired) electrons. The van der Waals surface area contributed by atoms with Crippen molar-refractivity contribution in [1.82, 2.24) is 3.59 Å². The first-order valence-electron chi connectivity index (χ1n) is 6.52. The molecule has 0 aliphatic carbocycles. The van der Waals surface area contributed by atoms with Crippen LogP contribution in [-0.4, -0.2) is 12.0 Å². The van der Waals surface area contributed by atoms with Gasteiger partial charge in [0.1, 0.15) is 6.07 Å². The topological polar surface area (TPSA) is 92.1 Å². The lowest BCUT2D eigenvalue weighted by Crippen LogP contribution is -2.37. The van der Waals surface area contributed by atoms with Crippen LogP contribution in [0.5, 0.6) is 0 Å². The molecule has 0 fully saturated rings. The number of nitrogens with zero attached hydrogens (tertiary/aromatic N) is 3. The van der Waals surface area contributed by atoms with Gasteiger partial charge in [-0.15, -0.1) is 0 Å². The summed E-state index contributed by atoms with van der Waals surface area (Å²) in [6.07, 6.45) is 1.57. The van der Waals surface area contributed by atoms with E-state index in [1.165, 1.54) is 15.7 Å². The van der Waals surface area contributed by atoms with Crippen molar-refractivity contribution in [2.24, 2.45) is 5.84 Å². The zero-order valence-corrected chi connectivity index (χ0v) is 14.1. The van der Waals surface area contributed by atoms with Crippen molar-refractivity contribution in [3.63, 3.8) is 0 Å². The Labute approximate surface area is 141 Å². The molecule has 0 aliphatic rings. The summed E-state index contributed by atoms with van der Waals surface area (Å²) in [7, 11) is -3.90. The van der Waals surface area contributed by atoms with Crippen molar-refractivity contribution in [1.29, 1.82) is 5.26 Å². The number of benzene rings is 2. The third-order valence-electron chi connectivity index (χ3n) is 3.42. The number of halogens is 1. The van der Waals surface area contributed by atoms with Crippen molar-refractivity contribution in [3.05, 3.63) is 60.3 Å². The molecule has 0 saturated heterocycles.